The number of benzene rings is 2. The van der Waals surface area contributed by atoms with E-state index in [9.17, 15) is 24.3 Å². The average Bonchev–Trinajstić information content (AvgIpc) is 3.43. The number of esters is 2. The quantitative estimate of drug-likeness (QED) is 0.323. The van der Waals surface area contributed by atoms with Crippen molar-refractivity contribution >= 4 is 24.1 Å². The van der Waals surface area contributed by atoms with Crippen LogP contribution in [0.4, 0.5) is 9.59 Å². The van der Waals surface area contributed by atoms with Gasteiger partial charge in [0.15, 0.2) is 0 Å². The highest BCUT2D eigenvalue weighted by molar-refractivity contribution is 5.88. The predicted octanol–water partition coefficient (Wildman–Crippen LogP) is 4.87. The van der Waals surface area contributed by atoms with Gasteiger partial charge in [-0.05, 0) is 50.7 Å². The molecule has 4 rings (SSSR count). The highest BCUT2D eigenvalue weighted by Gasteiger charge is 2.33. The molecule has 2 amide bonds. The Labute approximate surface area is 264 Å². The van der Waals surface area contributed by atoms with Crippen molar-refractivity contribution < 1.29 is 43.2 Å². The molecular formula is C34H44N2O9. The number of amides is 2. The molecule has 2 heterocycles. The van der Waals surface area contributed by atoms with Gasteiger partial charge in [-0.3, -0.25) is 4.79 Å². The second kappa shape index (κ2) is 19.1. The van der Waals surface area contributed by atoms with Gasteiger partial charge in [0.05, 0.1) is 25.2 Å². The molecule has 0 bridgehead atoms. The summed E-state index contributed by atoms with van der Waals surface area (Å²) < 4.78 is 20.6. The van der Waals surface area contributed by atoms with E-state index in [0.717, 1.165) is 11.1 Å². The van der Waals surface area contributed by atoms with E-state index in [1.165, 1.54) is 4.90 Å². The standard InChI is InChI=1S/C17H23NO5.C17H21NO4/c1-2-22-16(20)14-8-10-18(11-9-15(14)19)17(21)23-12-13-6-4-3-5-7-13;1-2-21-16(19)15-9-6-11-18(12-10-15)17(20)22-13-14-7-4-3-5-8-14/h3-7,14-15,19H,2,8-12H2,1H3;3-5,7-9H,2,6,10-13H2,1H3. The Balaban J connectivity index is 0.000000246. The van der Waals surface area contributed by atoms with Gasteiger partial charge in [0.25, 0.3) is 0 Å². The van der Waals surface area contributed by atoms with E-state index in [1.54, 1.807) is 18.7 Å². The van der Waals surface area contributed by atoms with Crippen LogP contribution in [-0.4, -0.2) is 84.5 Å². The zero-order valence-corrected chi connectivity index (χ0v) is 26.1. The minimum absolute atomic E-state index is 0.208. The SMILES string of the molecule is CCOC(=O)C1=CCCN(C(=O)OCc2ccccc2)CC1.CCOC(=O)C1CCN(C(=O)OCc2ccccc2)CCC1O. The molecule has 2 unspecified atom stereocenters. The van der Waals surface area contributed by atoms with E-state index in [1.807, 2.05) is 66.7 Å². The first-order valence-corrected chi connectivity index (χ1v) is 15.4. The van der Waals surface area contributed by atoms with Crippen LogP contribution in [0.15, 0.2) is 72.3 Å². The minimum atomic E-state index is -0.791. The molecule has 2 aliphatic rings. The zero-order valence-electron chi connectivity index (χ0n) is 26.1. The molecule has 0 saturated carbocycles. The highest BCUT2D eigenvalue weighted by Crippen LogP contribution is 2.21. The minimum Gasteiger partial charge on any atom is -0.466 e. The van der Waals surface area contributed by atoms with Crippen LogP contribution in [0.2, 0.25) is 0 Å². The maximum Gasteiger partial charge on any atom is 0.410 e. The van der Waals surface area contributed by atoms with E-state index >= 15 is 0 Å². The Morgan fingerprint density at radius 1 is 0.711 bits per heavy atom. The van der Waals surface area contributed by atoms with Gasteiger partial charge in [-0.2, -0.15) is 0 Å². The third-order valence-electron chi connectivity index (χ3n) is 7.36. The lowest BCUT2D eigenvalue weighted by Gasteiger charge is -2.20. The number of carbonyl (C=O) groups is 4. The Morgan fingerprint density at radius 3 is 1.80 bits per heavy atom. The van der Waals surface area contributed by atoms with Gasteiger partial charge in [-0.25, -0.2) is 14.4 Å². The van der Waals surface area contributed by atoms with Crippen LogP contribution in [0.5, 0.6) is 0 Å². The van der Waals surface area contributed by atoms with E-state index in [-0.39, 0.29) is 31.9 Å². The molecule has 0 spiro atoms. The van der Waals surface area contributed by atoms with Crippen LogP contribution in [-0.2, 0) is 41.8 Å². The number of hydrogen-bond donors (Lipinski definition) is 1. The Hall–Kier alpha value is -4.38. The fraction of sp³-hybridized carbons (Fsp3) is 0.471. The molecule has 0 radical (unpaired) electrons. The Bertz CT molecular complexity index is 1250. The largest absolute Gasteiger partial charge is 0.466 e. The zero-order chi connectivity index (χ0) is 32.4. The van der Waals surface area contributed by atoms with Crippen molar-refractivity contribution in [2.24, 2.45) is 5.92 Å². The molecule has 2 aromatic rings. The number of likely N-dealkylation sites (tertiary alicyclic amines) is 1. The summed E-state index contributed by atoms with van der Waals surface area (Å²) >= 11 is 0. The molecule has 2 aromatic carbocycles. The van der Waals surface area contributed by atoms with Gasteiger partial charge in [-0.1, -0.05) is 66.7 Å². The van der Waals surface area contributed by atoms with Crippen molar-refractivity contribution in [1.29, 1.82) is 0 Å². The van der Waals surface area contributed by atoms with Crippen molar-refractivity contribution in [1.82, 2.24) is 9.80 Å². The predicted molar refractivity (Wildman–Crippen MR) is 166 cm³/mol. The van der Waals surface area contributed by atoms with Crippen LogP contribution in [0, 0.1) is 5.92 Å². The molecule has 45 heavy (non-hydrogen) atoms. The van der Waals surface area contributed by atoms with Crippen LogP contribution in [0.25, 0.3) is 0 Å². The smallest absolute Gasteiger partial charge is 0.410 e. The number of carbonyl (C=O) groups excluding carboxylic acids is 4. The normalized spacial score (nSPS) is 18.2. The topological polar surface area (TPSA) is 132 Å². The van der Waals surface area contributed by atoms with Crippen LogP contribution >= 0.6 is 0 Å². The molecule has 0 aromatic heterocycles. The first kappa shape index (κ1) is 35.1. The summed E-state index contributed by atoms with van der Waals surface area (Å²) in [5, 5.41) is 10.1. The number of nitrogens with zero attached hydrogens (tertiary/aromatic N) is 2. The maximum atomic E-state index is 12.1. The van der Waals surface area contributed by atoms with E-state index in [2.05, 4.69) is 0 Å². The van der Waals surface area contributed by atoms with Crippen molar-refractivity contribution in [3.05, 3.63) is 83.4 Å². The lowest BCUT2D eigenvalue weighted by molar-refractivity contribution is -0.152. The number of ether oxygens (including phenoxy) is 4. The summed E-state index contributed by atoms with van der Waals surface area (Å²) in [5.74, 6) is -1.27. The summed E-state index contributed by atoms with van der Waals surface area (Å²) in [7, 11) is 0. The van der Waals surface area contributed by atoms with Crippen LogP contribution < -0.4 is 0 Å². The Morgan fingerprint density at radius 2 is 1.24 bits per heavy atom. The van der Waals surface area contributed by atoms with E-state index in [4.69, 9.17) is 18.9 Å². The summed E-state index contributed by atoms with van der Waals surface area (Å²) in [4.78, 5) is 50.9. The van der Waals surface area contributed by atoms with Crippen molar-refractivity contribution in [2.75, 3.05) is 39.4 Å². The first-order chi connectivity index (χ1) is 21.8. The number of aliphatic hydroxyl groups excluding tert-OH is 1. The fourth-order valence-corrected chi connectivity index (χ4v) is 4.87. The fourth-order valence-electron chi connectivity index (χ4n) is 4.87. The first-order valence-electron chi connectivity index (χ1n) is 15.4. The van der Waals surface area contributed by atoms with Gasteiger partial charge in [-0.15, -0.1) is 0 Å². The third kappa shape index (κ3) is 11.9. The second-order valence-corrected chi connectivity index (χ2v) is 10.5. The van der Waals surface area contributed by atoms with Gasteiger partial charge in [0, 0.05) is 31.8 Å². The number of rotatable bonds is 8. The molecule has 11 heteroatoms. The lowest BCUT2D eigenvalue weighted by atomic mass is 9.98. The van der Waals surface area contributed by atoms with Gasteiger partial charge in [0.1, 0.15) is 13.2 Å². The van der Waals surface area contributed by atoms with Gasteiger partial charge >= 0.3 is 24.1 Å². The van der Waals surface area contributed by atoms with Gasteiger partial charge < -0.3 is 33.9 Å². The van der Waals surface area contributed by atoms with Crippen molar-refractivity contribution in [3.63, 3.8) is 0 Å². The molecule has 2 aliphatic heterocycles. The average molecular weight is 625 g/mol. The van der Waals surface area contributed by atoms with E-state index in [0.29, 0.717) is 64.0 Å². The summed E-state index contributed by atoms with van der Waals surface area (Å²) in [6, 6.07) is 19.0. The molecule has 1 N–H and O–H groups in total. The van der Waals surface area contributed by atoms with Crippen LogP contribution in [0.3, 0.4) is 0 Å². The molecular weight excluding hydrogens is 580 g/mol. The summed E-state index contributed by atoms with van der Waals surface area (Å²) in [5.41, 5.74) is 2.51. The van der Waals surface area contributed by atoms with Crippen LogP contribution in [0.1, 0.15) is 50.7 Å². The highest BCUT2D eigenvalue weighted by atomic mass is 16.6. The lowest BCUT2D eigenvalue weighted by Crippen LogP contribution is -2.32. The Kier molecular flexibility index (Phi) is 14.9. The molecule has 0 aliphatic carbocycles. The summed E-state index contributed by atoms with van der Waals surface area (Å²) in [6.07, 6.45) is 2.13. The molecule has 2 atom stereocenters. The maximum absolute atomic E-state index is 12.1. The second-order valence-electron chi connectivity index (χ2n) is 10.5. The molecule has 244 valence electrons. The van der Waals surface area contributed by atoms with Crippen molar-refractivity contribution in [3.8, 4) is 0 Å². The molecule has 1 saturated heterocycles. The molecule has 11 nitrogen and oxygen atoms in total. The molecule has 1 fully saturated rings. The van der Waals surface area contributed by atoms with Gasteiger partial charge in [0.2, 0.25) is 0 Å². The summed E-state index contributed by atoms with van der Waals surface area (Å²) in [6.45, 7) is 6.38. The van der Waals surface area contributed by atoms with Crippen molar-refractivity contribution in [2.45, 2.75) is 58.8 Å². The number of aliphatic hydroxyl groups is 1. The van der Waals surface area contributed by atoms with E-state index < -0.39 is 24.1 Å². The third-order valence-corrected chi connectivity index (χ3v) is 7.36. The monoisotopic (exact) mass is 624 g/mol. The number of hydrogen-bond acceptors (Lipinski definition) is 9.